The molecule has 0 radical (unpaired) electrons. The van der Waals surface area contributed by atoms with Crippen molar-refractivity contribution in [3.63, 3.8) is 0 Å². The van der Waals surface area contributed by atoms with Crippen LogP contribution in [0.3, 0.4) is 0 Å². The van der Waals surface area contributed by atoms with Gasteiger partial charge in [-0.1, -0.05) is 48.0 Å². The molecule has 34 heavy (non-hydrogen) atoms. The number of hydrogen-bond acceptors (Lipinski definition) is 5. The Kier molecular flexibility index (Phi) is 6.57. The van der Waals surface area contributed by atoms with Gasteiger partial charge in [0.1, 0.15) is 0 Å². The number of piperazine rings is 1. The van der Waals surface area contributed by atoms with Crippen molar-refractivity contribution in [1.82, 2.24) is 14.1 Å². The van der Waals surface area contributed by atoms with E-state index in [0.29, 0.717) is 37.6 Å². The van der Waals surface area contributed by atoms with Gasteiger partial charge in [-0.25, -0.2) is 8.42 Å². The van der Waals surface area contributed by atoms with Crippen molar-refractivity contribution < 1.29 is 13.2 Å². The van der Waals surface area contributed by atoms with E-state index in [1.54, 1.807) is 23.5 Å². The van der Waals surface area contributed by atoms with Crippen LogP contribution in [-0.4, -0.2) is 67.7 Å². The monoisotopic (exact) mass is 495 g/mol. The molecule has 2 aliphatic heterocycles. The Balaban J connectivity index is 1.26. The average Bonchev–Trinajstić information content (AvgIpc) is 3.34. The molecular formula is C26H29N3O3S2. The summed E-state index contributed by atoms with van der Waals surface area (Å²) in [4.78, 5) is 19.1. The predicted octanol–water partition coefficient (Wildman–Crippen LogP) is 3.54. The zero-order valence-corrected chi connectivity index (χ0v) is 20.9. The summed E-state index contributed by atoms with van der Waals surface area (Å²) >= 11 is 1.79. The molecule has 1 saturated heterocycles. The topological polar surface area (TPSA) is 60.9 Å². The first-order chi connectivity index (χ1) is 16.4. The standard InChI is InChI=1S/C26H29N3O3S2/c1-20-7-9-22(10-8-20)34(31,32)29-16-14-27(15-17-29)25(30)19-28-13-11-24-23(12-18-33-24)26(28)21-5-3-2-4-6-21/h2-10,12,18,26H,11,13-17,19H2,1H3. The fourth-order valence-electron chi connectivity index (χ4n) is 4.88. The summed E-state index contributed by atoms with van der Waals surface area (Å²) < 4.78 is 27.5. The van der Waals surface area contributed by atoms with E-state index in [0.717, 1.165) is 18.5 Å². The number of sulfonamides is 1. The van der Waals surface area contributed by atoms with E-state index < -0.39 is 10.0 Å². The summed E-state index contributed by atoms with van der Waals surface area (Å²) in [6, 6.07) is 19.6. The first-order valence-corrected chi connectivity index (χ1v) is 14.0. The number of amides is 1. The third kappa shape index (κ3) is 4.55. The number of benzene rings is 2. The molecule has 1 atom stereocenters. The number of nitrogens with zero attached hydrogens (tertiary/aromatic N) is 3. The van der Waals surface area contributed by atoms with Crippen LogP contribution in [0.25, 0.3) is 0 Å². The van der Waals surface area contributed by atoms with Crippen molar-refractivity contribution in [3.8, 4) is 0 Å². The smallest absolute Gasteiger partial charge is 0.243 e. The molecule has 1 aromatic heterocycles. The summed E-state index contributed by atoms with van der Waals surface area (Å²) in [5.74, 6) is 0.0620. The molecule has 0 aliphatic carbocycles. The Bertz CT molecular complexity index is 1250. The highest BCUT2D eigenvalue weighted by atomic mass is 32.2. The van der Waals surface area contributed by atoms with E-state index in [4.69, 9.17) is 0 Å². The quantitative estimate of drug-likeness (QED) is 0.543. The Morgan fingerprint density at radius 1 is 0.941 bits per heavy atom. The number of thiophene rings is 1. The highest BCUT2D eigenvalue weighted by Gasteiger charge is 2.34. The first-order valence-electron chi connectivity index (χ1n) is 11.6. The van der Waals surface area contributed by atoms with Crippen LogP contribution in [0.15, 0.2) is 70.9 Å². The second-order valence-corrected chi connectivity index (χ2v) is 11.9. The number of aryl methyl sites for hydroxylation is 1. The van der Waals surface area contributed by atoms with E-state index in [1.165, 1.54) is 20.3 Å². The Morgan fingerprint density at radius 2 is 1.65 bits per heavy atom. The molecule has 6 nitrogen and oxygen atoms in total. The Labute approximate surface area is 205 Å². The minimum absolute atomic E-state index is 0.0620. The fraction of sp³-hybridized carbons (Fsp3) is 0.346. The van der Waals surface area contributed by atoms with Gasteiger partial charge in [0, 0.05) is 37.6 Å². The minimum Gasteiger partial charge on any atom is -0.339 e. The molecule has 1 unspecified atom stereocenters. The molecule has 8 heteroatoms. The van der Waals surface area contributed by atoms with E-state index in [1.807, 2.05) is 42.2 Å². The highest BCUT2D eigenvalue weighted by molar-refractivity contribution is 7.89. The summed E-state index contributed by atoms with van der Waals surface area (Å²) in [6.45, 7) is 4.57. The van der Waals surface area contributed by atoms with E-state index in [-0.39, 0.29) is 11.9 Å². The Hall–Kier alpha value is -2.52. The maximum Gasteiger partial charge on any atom is 0.243 e. The number of carbonyl (C=O) groups excluding carboxylic acids is 1. The van der Waals surface area contributed by atoms with Crippen molar-refractivity contribution in [2.75, 3.05) is 39.3 Å². The first kappa shape index (κ1) is 23.2. The zero-order chi connectivity index (χ0) is 23.7. The van der Waals surface area contributed by atoms with Crippen LogP contribution in [-0.2, 0) is 21.2 Å². The lowest BCUT2D eigenvalue weighted by atomic mass is 9.93. The molecule has 178 valence electrons. The lowest BCUT2D eigenvalue weighted by molar-refractivity contribution is -0.134. The van der Waals surface area contributed by atoms with Gasteiger partial charge in [-0.2, -0.15) is 4.31 Å². The van der Waals surface area contributed by atoms with Crippen LogP contribution >= 0.6 is 11.3 Å². The summed E-state index contributed by atoms with van der Waals surface area (Å²) in [5, 5.41) is 2.14. The fourth-order valence-corrected chi connectivity index (χ4v) is 7.20. The molecule has 0 N–H and O–H groups in total. The van der Waals surface area contributed by atoms with Crippen molar-refractivity contribution in [3.05, 3.63) is 87.6 Å². The van der Waals surface area contributed by atoms with Crippen LogP contribution in [0.2, 0.25) is 0 Å². The SMILES string of the molecule is Cc1ccc(S(=O)(=O)N2CCN(C(=O)CN3CCc4sccc4C3c3ccccc3)CC2)cc1. The van der Waals surface area contributed by atoms with E-state index in [9.17, 15) is 13.2 Å². The van der Waals surface area contributed by atoms with Crippen molar-refractivity contribution in [2.24, 2.45) is 0 Å². The molecule has 3 heterocycles. The lowest BCUT2D eigenvalue weighted by Crippen LogP contribution is -2.53. The molecule has 0 saturated carbocycles. The number of hydrogen-bond donors (Lipinski definition) is 0. The number of fused-ring (bicyclic) bond motifs is 1. The molecule has 2 aromatic carbocycles. The van der Waals surface area contributed by atoms with Crippen LogP contribution < -0.4 is 0 Å². The van der Waals surface area contributed by atoms with Crippen molar-refractivity contribution in [2.45, 2.75) is 24.3 Å². The second-order valence-electron chi connectivity index (χ2n) is 8.93. The molecule has 0 spiro atoms. The maximum absolute atomic E-state index is 13.3. The molecular weight excluding hydrogens is 466 g/mol. The third-order valence-electron chi connectivity index (χ3n) is 6.77. The molecule has 0 bridgehead atoms. The Morgan fingerprint density at radius 3 is 2.35 bits per heavy atom. The van der Waals surface area contributed by atoms with E-state index >= 15 is 0 Å². The van der Waals surface area contributed by atoms with Crippen LogP contribution in [0.4, 0.5) is 0 Å². The molecule has 3 aromatic rings. The average molecular weight is 496 g/mol. The van der Waals surface area contributed by atoms with Gasteiger partial charge in [-0.05, 0) is 48.1 Å². The van der Waals surface area contributed by atoms with Gasteiger partial charge in [0.05, 0.1) is 17.5 Å². The van der Waals surface area contributed by atoms with Gasteiger partial charge < -0.3 is 4.90 Å². The van der Waals surface area contributed by atoms with Crippen molar-refractivity contribution in [1.29, 1.82) is 0 Å². The van der Waals surface area contributed by atoms with Crippen molar-refractivity contribution >= 4 is 27.3 Å². The highest BCUT2D eigenvalue weighted by Crippen LogP contribution is 2.37. The third-order valence-corrected chi connectivity index (χ3v) is 9.68. The molecule has 2 aliphatic rings. The zero-order valence-electron chi connectivity index (χ0n) is 19.3. The largest absolute Gasteiger partial charge is 0.339 e. The van der Waals surface area contributed by atoms with Crippen LogP contribution in [0.5, 0.6) is 0 Å². The number of carbonyl (C=O) groups is 1. The number of rotatable bonds is 5. The second kappa shape index (κ2) is 9.62. The normalized spacial score (nSPS) is 19.7. The van der Waals surface area contributed by atoms with Gasteiger partial charge in [-0.15, -0.1) is 11.3 Å². The van der Waals surface area contributed by atoms with Gasteiger partial charge in [0.2, 0.25) is 15.9 Å². The summed E-state index contributed by atoms with van der Waals surface area (Å²) in [6.07, 6.45) is 0.951. The molecule has 1 fully saturated rings. The summed E-state index contributed by atoms with van der Waals surface area (Å²) in [7, 11) is -3.54. The molecule has 1 amide bonds. The summed E-state index contributed by atoms with van der Waals surface area (Å²) in [5.41, 5.74) is 3.52. The van der Waals surface area contributed by atoms with Crippen LogP contribution in [0, 0.1) is 6.92 Å². The van der Waals surface area contributed by atoms with Gasteiger partial charge in [-0.3, -0.25) is 9.69 Å². The molecule has 5 rings (SSSR count). The van der Waals surface area contributed by atoms with E-state index in [2.05, 4.69) is 28.5 Å². The van der Waals surface area contributed by atoms with Gasteiger partial charge in [0.25, 0.3) is 0 Å². The lowest BCUT2D eigenvalue weighted by Gasteiger charge is -2.39. The maximum atomic E-state index is 13.3. The van der Waals surface area contributed by atoms with Gasteiger partial charge >= 0.3 is 0 Å². The predicted molar refractivity (Wildman–Crippen MR) is 134 cm³/mol. The minimum atomic E-state index is -3.54. The van der Waals surface area contributed by atoms with Gasteiger partial charge in [0.15, 0.2) is 0 Å². The van der Waals surface area contributed by atoms with Crippen LogP contribution in [0.1, 0.15) is 27.6 Å².